The molecular weight excluding hydrogens is 172 g/mol. The molecule has 0 spiro atoms. The quantitative estimate of drug-likeness (QED) is 0.703. The Morgan fingerprint density at radius 3 is 2.64 bits per heavy atom. The molecule has 0 bridgehead atoms. The molecule has 0 N–H and O–H groups in total. The minimum atomic E-state index is 1.01. The third kappa shape index (κ3) is 2.38. The summed E-state index contributed by atoms with van der Waals surface area (Å²) in [6.07, 6.45) is 6.34. The second-order valence-electron chi connectivity index (χ2n) is 3.20. The molecule has 14 heavy (non-hydrogen) atoms. The fourth-order valence-corrected chi connectivity index (χ4v) is 1.51. The molecule has 0 heterocycles. The van der Waals surface area contributed by atoms with E-state index in [2.05, 4.69) is 44.2 Å². The molecule has 1 aromatic carbocycles. The van der Waals surface area contributed by atoms with Crippen molar-refractivity contribution in [2.75, 3.05) is 7.11 Å². The van der Waals surface area contributed by atoms with Crippen molar-refractivity contribution in [2.24, 2.45) is 0 Å². The van der Waals surface area contributed by atoms with E-state index in [1.807, 2.05) is 0 Å². The number of allylic oxidation sites excluding steroid dienone is 1. The van der Waals surface area contributed by atoms with Crippen molar-refractivity contribution in [3.63, 3.8) is 0 Å². The molecule has 0 aromatic heterocycles. The van der Waals surface area contributed by atoms with Gasteiger partial charge in [0.05, 0.1) is 7.11 Å². The number of methoxy groups -OCH3 is 1. The zero-order valence-electron chi connectivity index (χ0n) is 9.21. The summed E-state index contributed by atoms with van der Waals surface area (Å²) in [4.78, 5) is 0. The molecule has 0 aliphatic carbocycles. The molecule has 1 aromatic rings. The first kappa shape index (κ1) is 10.8. The van der Waals surface area contributed by atoms with Gasteiger partial charge in [0.1, 0.15) is 5.75 Å². The summed E-state index contributed by atoms with van der Waals surface area (Å²) in [7, 11) is 1.73. The highest BCUT2D eigenvalue weighted by atomic mass is 16.5. The van der Waals surface area contributed by atoms with E-state index < -0.39 is 0 Å². The van der Waals surface area contributed by atoms with Crippen LogP contribution in [0, 0.1) is 0 Å². The molecule has 0 fully saturated rings. The van der Waals surface area contributed by atoms with Gasteiger partial charge >= 0.3 is 0 Å². The Labute approximate surface area is 86.4 Å². The number of ether oxygens (including phenoxy) is 1. The van der Waals surface area contributed by atoms with Crippen LogP contribution in [0.25, 0.3) is 6.08 Å². The largest absolute Gasteiger partial charge is 0.496 e. The fraction of sp³-hybridized carbons (Fsp3) is 0.385. The van der Waals surface area contributed by atoms with Crippen LogP contribution in [0.2, 0.25) is 0 Å². The zero-order chi connectivity index (χ0) is 10.4. The van der Waals surface area contributed by atoms with Gasteiger partial charge in [-0.15, -0.1) is 0 Å². The molecule has 0 saturated carbocycles. The van der Waals surface area contributed by atoms with Gasteiger partial charge in [-0.05, 0) is 18.4 Å². The number of hydrogen-bond acceptors (Lipinski definition) is 1. The van der Waals surface area contributed by atoms with Gasteiger partial charge in [-0.2, -0.15) is 0 Å². The molecule has 0 amide bonds. The van der Waals surface area contributed by atoms with E-state index in [0.717, 1.165) is 18.6 Å². The lowest BCUT2D eigenvalue weighted by Crippen LogP contribution is -1.92. The van der Waals surface area contributed by atoms with Crippen LogP contribution in [0.4, 0.5) is 0 Å². The predicted molar refractivity (Wildman–Crippen MR) is 61.7 cm³/mol. The highest BCUT2D eigenvalue weighted by Crippen LogP contribution is 2.25. The summed E-state index contributed by atoms with van der Waals surface area (Å²) in [5, 5.41) is 0. The average molecular weight is 190 g/mol. The minimum Gasteiger partial charge on any atom is -0.496 e. The Balaban J connectivity index is 3.08. The summed E-state index contributed by atoms with van der Waals surface area (Å²) in [6.45, 7) is 4.28. The third-order valence-corrected chi connectivity index (χ3v) is 2.25. The van der Waals surface area contributed by atoms with Crippen LogP contribution < -0.4 is 4.74 Å². The van der Waals surface area contributed by atoms with E-state index >= 15 is 0 Å². The number of benzene rings is 1. The van der Waals surface area contributed by atoms with Crippen molar-refractivity contribution in [1.29, 1.82) is 0 Å². The first-order valence-electron chi connectivity index (χ1n) is 5.15. The van der Waals surface area contributed by atoms with Crippen molar-refractivity contribution in [1.82, 2.24) is 0 Å². The average Bonchev–Trinajstić information content (AvgIpc) is 2.25. The second kappa shape index (κ2) is 5.48. The van der Waals surface area contributed by atoms with Gasteiger partial charge in [-0.25, -0.2) is 0 Å². The van der Waals surface area contributed by atoms with E-state index in [4.69, 9.17) is 4.74 Å². The minimum absolute atomic E-state index is 1.01. The zero-order valence-corrected chi connectivity index (χ0v) is 9.21. The maximum atomic E-state index is 5.41. The van der Waals surface area contributed by atoms with Crippen LogP contribution in [0.15, 0.2) is 24.3 Å². The Morgan fingerprint density at radius 2 is 2.07 bits per heavy atom. The van der Waals surface area contributed by atoms with Gasteiger partial charge in [0.15, 0.2) is 0 Å². The first-order valence-corrected chi connectivity index (χ1v) is 5.15. The topological polar surface area (TPSA) is 9.23 Å². The molecule has 0 atom stereocenters. The Kier molecular flexibility index (Phi) is 4.24. The van der Waals surface area contributed by atoms with Crippen LogP contribution in [-0.4, -0.2) is 7.11 Å². The van der Waals surface area contributed by atoms with E-state index in [1.54, 1.807) is 7.11 Å². The maximum Gasteiger partial charge on any atom is 0.129 e. The lowest BCUT2D eigenvalue weighted by Gasteiger charge is -2.09. The van der Waals surface area contributed by atoms with E-state index in [-0.39, 0.29) is 0 Å². The molecule has 1 rings (SSSR count). The maximum absolute atomic E-state index is 5.41. The Morgan fingerprint density at radius 1 is 1.29 bits per heavy atom. The molecule has 0 aliphatic rings. The van der Waals surface area contributed by atoms with Crippen molar-refractivity contribution < 1.29 is 4.74 Å². The Bertz CT molecular complexity index is 313. The molecule has 0 saturated heterocycles. The third-order valence-electron chi connectivity index (χ3n) is 2.25. The van der Waals surface area contributed by atoms with Gasteiger partial charge in [0.2, 0.25) is 0 Å². The molecule has 76 valence electrons. The second-order valence-corrected chi connectivity index (χ2v) is 3.20. The standard InChI is InChI=1S/C13H18O/c1-4-6-8-12-10-7-9-11(5-2)13(12)14-3/h6-10H,4-5H2,1-3H3/b8-6-. The fourth-order valence-electron chi connectivity index (χ4n) is 1.51. The summed E-state index contributed by atoms with van der Waals surface area (Å²) in [5.41, 5.74) is 2.44. The van der Waals surface area contributed by atoms with E-state index in [9.17, 15) is 0 Å². The van der Waals surface area contributed by atoms with Crippen LogP contribution in [0.3, 0.4) is 0 Å². The van der Waals surface area contributed by atoms with Crippen molar-refractivity contribution in [3.05, 3.63) is 35.4 Å². The number of para-hydroxylation sites is 1. The molecule has 0 radical (unpaired) electrons. The molecule has 0 unspecified atom stereocenters. The summed E-state index contributed by atoms with van der Waals surface area (Å²) < 4.78 is 5.41. The number of rotatable bonds is 4. The molecular formula is C13H18O. The Hall–Kier alpha value is -1.24. The first-order chi connectivity index (χ1) is 6.83. The summed E-state index contributed by atoms with van der Waals surface area (Å²) in [6, 6.07) is 6.28. The summed E-state index contributed by atoms with van der Waals surface area (Å²) >= 11 is 0. The van der Waals surface area contributed by atoms with Crippen molar-refractivity contribution in [2.45, 2.75) is 26.7 Å². The van der Waals surface area contributed by atoms with Crippen LogP contribution >= 0.6 is 0 Å². The van der Waals surface area contributed by atoms with Crippen molar-refractivity contribution in [3.8, 4) is 5.75 Å². The summed E-state index contributed by atoms with van der Waals surface area (Å²) in [5.74, 6) is 1.01. The normalized spacial score (nSPS) is 10.8. The van der Waals surface area contributed by atoms with Gasteiger partial charge < -0.3 is 4.74 Å². The monoisotopic (exact) mass is 190 g/mol. The number of hydrogen-bond donors (Lipinski definition) is 0. The molecule has 1 nitrogen and oxygen atoms in total. The van der Waals surface area contributed by atoms with Crippen LogP contribution in [-0.2, 0) is 6.42 Å². The lowest BCUT2D eigenvalue weighted by molar-refractivity contribution is 0.409. The molecule has 0 aliphatic heterocycles. The lowest BCUT2D eigenvalue weighted by atomic mass is 10.1. The van der Waals surface area contributed by atoms with Crippen molar-refractivity contribution >= 4 is 6.08 Å². The van der Waals surface area contributed by atoms with Gasteiger partial charge in [0, 0.05) is 5.56 Å². The van der Waals surface area contributed by atoms with Gasteiger partial charge in [-0.3, -0.25) is 0 Å². The van der Waals surface area contributed by atoms with Gasteiger partial charge in [-0.1, -0.05) is 44.2 Å². The van der Waals surface area contributed by atoms with Crippen LogP contribution in [0.1, 0.15) is 31.4 Å². The van der Waals surface area contributed by atoms with E-state index in [0.29, 0.717) is 0 Å². The predicted octanol–water partition coefficient (Wildman–Crippen LogP) is 3.68. The highest BCUT2D eigenvalue weighted by molar-refractivity contribution is 5.59. The van der Waals surface area contributed by atoms with Gasteiger partial charge in [0.25, 0.3) is 0 Å². The number of aryl methyl sites for hydroxylation is 1. The SMILES string of the molecule is CC/C=C\c1cccc(CC)c1OC. The smallest absolute Gasteiger partial charge is 0.129 e. The molecule has 1 heteroatoms. The van der Waals surface area contributed by atoms with Crippen LogP contribution in [0.5, 0.6) is 5.75 Å². The highest BCUT2D eigenvalue weighted by Gasteiger charge is 2.03. The van der Waals surface area contributed by atoms with E-state index in [1.165, 1.54) is 11.1 Å².